The smallest absolute Gasteiger partial charge is 0.0468 e. The van der Waals surface area contributed by atoms with Gasteiger partial charge in [0.2, 0.25) is 0 Å². The lowest BCUT2D eigenvalue weighted by Crippen LogP contribution is -2.10. The molecule has 9 aromatic rings. The van der Waals surface area contributed by atoms with E-state index in [1.165, 1.54) is 42.4 Å². The molecule has 0 aliphatic carbocycles. The van der Waals surface area contributed by atoms with Gasteiger partial charge in [-0.15, -0.1) is 11.3 Å². The molecular formula is C48H34N2S. The fourth-order valence-electron chi connectivity index (χ4n) is 6.94. The molecule has 0 saturated carbocycles. The van der Waals surface area contributed by atoms with Gasteiger partial charge in [-0.05, 0) is 107 Å². The summed E-state index contributed by atoms with van der Waals surface area (Å²) in [5, 5.41) is 2.60. The monoisotopic (exact) mass is 670 g/mol. The van der Waals surface area contributed by atoms with Gasteiger partial charge in [-0.3, -0.25) is 0 Å². The van der Waals surface area contributed by atoms with Crippen LogP contribution in [0.1, 0.15) is 0 Å². The van der Waals surface area contributed by atoms with Gasteiger partial charge >= 0.3 is 0 Å². The highest BCUT2D eigenvalue weighted by atomic mass is 32.1. The highest BCUT2D eigenvalue weighted by Crippen LogP contribution is 2.41. The minimum absolute atomic E-state index is 1.11. The van der Waals surface area contributed by atoms with E-state index in [1.54, 1.807) is 0 Å². The minimum Gasteiger partial charge on any atom is -0.311 e. The van der Waals surface area contributed by atoms with Crippen LogP contribution in [-0.4, -0.2) is 0 Å². The lowest BCUT2D eigenvalue weighted by molar-refractivity contribution is 1.28. The largest absolute Gasteiger partial charge is 0.311 e. The van der Waals surface area contributed by atoms with Gasteiger partial charge in [0, 0.05) is 54.3 Å². The topological polar surface area (TPSA) is 6.48 Å². The van der Waals surface area contributed by atoms with Crippen LogP contribution in [0.2, 0.25) is 0 Å². The van der Waals surface area contributed by atoms with E-state index in [0.29, 0.717) is 0 Å². The minimum atomic E-state index is 1.11. The number of hydrogen-bond donors (Lipinski definition) is 0. The van der Waals surface area contributed by atoms with Crippen molar-refractivity contribution in [2.45, 2.75) is 0 Å². The Morgan fingerprint density at radius 1 is 0.255 bits per heavy atom. The number of para-hydroxylation sites is 2. The van der Waals surface area contributed by atoms with E-state index < -0.39 is 0 Å². The number of thiophene rings is 1. The van der Waals surface area contributed by atoms with E-state index in [0.717, 1.165) is 34.1 Å². The van der Waals surface area contributed by atoms with Crippen LogP contribution in [0.4, 0.5) is 34.1 Å². The number of fused-ring (bicyclic) bond motifs is 3. The fraction of sp³-hybridized carbons (Fsp3) is 0. The maximum Gasteiger partial charge on any atom is 0.0468 e. The third kappa shape index (κ3) is 6.05. The summed E-state index contributed by atoms with van der Waals surface area (Å²) in [5.41, 5.74) is 11.5. The summed E-state index contributed by atoms with van der Waals surface area (Å²) < 4.78 is 2.63. The zero-order chi connectivity index (χ0) is 34.0. The Kier molecular flexibility index (Phi) is 8.09. The molecule has 1 aromatic heterocycles. The predicted octanol–water partition coefficient (Wildman–Crippen LogP) is 14.3. The summed E-state index contributed by atoms with van der Waals surface area (Å²) in [5.74, 6) is 0. The zero-order valence-electron chi connectivity index (χ0n) is 27.9. The molecule has 51 heavy (non-hydrogen) atoms. The third-order valence-electron chi connectivity index (χ3n) is 9.46. The Hall–Kier alpha value is -6.42. The first-order chi connectivity index (χ1) is 25.3. The Morgan fingerprint density at radius 3 is 1.12 bits per heavy atom. The molecule has 0 radical (unpaired) electrons. The van der Waals surface area contributed by atoms with E-state index >= 15 is 0 Å². The molecule has 0 amide bonds. The number of anilines is 6. The number of rotatable bonds is 8. The van der Waals surface area contributed by atoms with Crippen molar-refractivity contribution in [2.75, 3.05) is 9.80 Å². The quantitative estimate of drug-likeness (QED) is 0.159. The first kappa shape index (κ1) is 30.6. The van der Waals surface area contributed by atoms with E-state index in [1.807, 2.05) is 11.3 Å². The average Bonchev–Trinajstić information content (AvgIpc) is 3.58. The maximum absolute atomic E-state index is 2.35. The molecule has 0 spiro atoms. The second-order valence-corrected chi connectivity index (χ2v) is 13.7. The van der Waals surface area contributed by atoms with Gasteiger partial charge in [-0.2, -0.15) is 0 Å². The van der Waals surface area contributed by atoms with Crippen LogP contribution in [0, 0.1) is 0 Å². The SMILES string of the molecule is c1ccc(-c2ccc(N(c3ccccc3)c3ccc(-c4ccc(N(c5ccccc5)c5ccc6sc7ccccc7c6c5)cc4)cc3)cc2)cc1. The van der Waals surface area contributed by atoms with Gasteiger partial charge in [0.15, 0.2) is 0 Å². The maximum atomic E-state index is 2.35. The molecular weight excluding hydrogens is 637 g/mol. The summed E-state index contributed by atoms with van der Waals surface area (Å²) in [4.78, 5) is 4.66. The van der Waals surface area contributed by atoms with Gasteiger partial charge in [0.05, 0.1) is 0 Å². The molecule has 0 fully saturated rings. The van der Waals surface area contributed by atoms with Crippen molar-refractivity contribution < 1.29 is 0 Å². The van der Waals surface area contributed by atoms with Crippen molar-refractivity contribution in [3.05, 3.63) is 206 Å². The molecule has 2 nitrogen and oxygen atoms in total. The molecule has 0 N–H and O–H groups in total. The van der Waals surface area contributed by atoms with E-state index in [-0.39, 0.29) is 0 Å². The van der Waals surface area contributed by atoms with Crippen LogP contribution in [0.25, 0.3) is 42.4 Å². The summed E-state index contributed by atoms with van der Waals surface area (Å²) in [6.45, 7) is 0. The van der Waals surface area contributed by atoms with Crippen LogP contribution in [0.15, 0.2) is 206 Å². The molecule has 0 atom stereocenters. The van der Waals surface area contributed by atoms with Crippen molar-refractivity contribution in [2.24, 2.45) is 0 Å². The van der Waals surface area contributed by atoms with Crippen LogP contribution >= 0.6 is 11.3 Å². The first-order valence-corrected chi connectivity index (χ1v) is 18.1. The number of nitrogens with zero attached hydrogens (tertiary/aromatic N) is 2. The highest BCUT2D eigenvalue weighted by molar-refractivity contribution is 7.25. The van der Waals surface area contributed by atoms with Crippen molar-refractivity contribution in [1.82, 2.24) is 0 Å². The molecule has 0 unspecified atom stereocenters. The van der Waals surface area contributed by atoms with Crippen LogP contribution in [-0.2, 0) is 0 Å². The van der Waals surface area contributed by atoms with Crippen LogP contribution in [0.5, 0.6) is 0 Å². The predicted molar refractivity (Wildman–Crippen MR) is 220 cm³/mol. The number of hydrogen-bond acceptors (Lipinski definition) is 3. The molecule has 0 saturated heterocycles. The molecule has 0 aliphatic heterocycles. The highest BCUT2D eigenvalue weighted by Gasteiger charge is 2.16. The molecule has 3 heteroatoms. The number of benzene rings is 8. The molecule has 9 rings (SSSR count). The van der Waals surface area contributed by atoms with Crippen molar-refractivity contribution in [3.8, 4) is 22.3 Å². The normalized spacial score (nSPS) is 11.1. The van der Waals surface area contributed by atoms with Crippen LogP contribution in [0.3, 0.4) is 0 Å². The van der Waals surface area contributed by atoms with Crippen LogP contribution < -0.4 is 9.80 Å². The molecule has 0 bridgehead atoms. The lowest BCUT2D eigenvalue weighted by atomic mass is 10.0. The molecule has 0 aliphatic rings. The van der Waals surface area contributed by atoms with Gasteiger partial charge < -0.3 is 9.80 Å². The lowest BCUT2D eigenvalue weighted by Gasteiger charge is -2.26. The summed E-state index contributed by atoms with van der Waals surface area (Å²) in [6.07, 6.45) is 0. The van der Waals surface area contributed by atoms with Crippen molar-refractivity contribution in [3.63, 3.8) is 0 Å². The Morgan fingerprint density at radius 2 is 0.608 bits per heavy atom. The van der Waals surface area contributed by atoms with Crippen molar-refractivity contribution >= 4 is 65.6 Å². The molecule has 8 aromatic carbocycles. The Bertz CT molecular complexity index is 2540. The molecule has 242 valence electrons. The second kappa shape index (κ2) is 13.5. The van der Waals surface area contributed by atoms with E-state index in [9.17, 15) is 0 Å². The zero-order valence-corrected chi connectivity index (χ0v) is 28.7. The van der Waals surface area contributed by atoms with Crippen molar-refractivity contribution in [1.29, 1.82) is 0 Å². The van der Waals surface area contributed by atoms with Gasteiger partial charge in [-0.25, -0.2) is 0 Å². The fourth-order valence-corrected chi connectivity index (χ4v) is 8.03. The summed E-state index contributed by atoms with van der Waals surface area (Å²) in [6, 6.07) is 73.9. The third-order valence-corrected chi connectivity index (χ3v) is 10.6. The standard InChI is InChI=1S/C48H34N2S/c1-4-12-35(13-5-1)36-20-26-41(27-21-36)49(39-14-6-2-7-15-39)42-28-22-37(23-29-42)38-24-30-43(31-25-38)50(40-16-8-3-9-17-40)44-32-33-48-46(34-44)45-18-10-11-19-47(45)51-48/h1-34H. The Labute approximate surface area is 302 Å². The first-order valence-electron chi connectivity index (χ1n) is 17.3. The summed E-state index contributed by atoms with van der Waals surface area (Å²) in [7, 11) is 0. The van der Waals surface area contributed by atoms with Gasteiger partial charge in [-0.1, -0.05) is 121 Å². The molecule has 1 heterocycles. The van der Waals surface area contributed by atoms with E-state index in [4.69, 9.17) is 0 Å². The second-order valence-electron chi connectivity index (χ2n) is 12.6. The van der Waals surface area contributed by atoms with Gasteiger partial charge in [0.25, 0.3) is 0 Å². The summed E-state index contributed by atoms with van der Waals surface area (Å²) >= 11 is 1.85. The van der Waals surface area contributed by atoms with Gasteiger partial charge in [0.1, 0.15) is 0 Å². The average molecular weight is 671 g/mol. The van der Waals surface area contributed by atoms with E-state index in [2.05, 4.69) is 216 Å². The Balaban J connectivity index is 1.03.